The number of carbonyl (C=O) groups is 4. The van der Waals surface area contributed by atoms with Crippen LogP contribution in [-0.2, 0) is 25.7 Å². The van der Waals surface area contributed by atoms with Gasteiger partial charge in [-0.3, -0.25) is 14.5 Å². The molecule has 4 rings (SSSR count). The molecule has 1 saturated heterocycles. The van der Waals surface area contributed by atoms with Gasteiger partial charge < -0.3 is 33.0 Å². The zero-order valence-corrected chi connectivity index (χ0v) is 25.0. The van der Waals surface area contributed by atoms with E-state index in [2.05, 4.69) is 5.32 Å². The van der Waals surface area contributed by atoms with Crippen LogP contribution < -0.4 is 22.3 Å². The van der Waals surface area contributed by atoms with E-state index in [4.69, 9.17) is 28.3 Å². The quantitative estimate of drug-likeness (QED) is 0.139. The first-order chi connectivity index (χ1) is 18.5. The molecule has 214 valence electrons. The summed E-state index contributed by atoms with van der Waals surface area (Å²) in [6.45, 7) is -0.103. The lowest BCUT2D eigenvalue weighted by Crippen LogP contribution is -3.00. The third-order valence-electron chi connectivity index (χ3n) is 5.76. The summed E-state index contributed by atoms with van der Waals surface area (Å²) in [5.74, 6) is -2.68. The Morgan fingerprint density at radius 3 is 2.50 bits per heavy atom. The Hall–Kier alpha value is -2.13. The van der Waals surface area contributed by atoms with Crippen molar-refractivity contribution in [1.29, 1.82) is 0 Å². The van der Waals surface area contributed by atoms with Gasteiger partial charge in [0.25, 0.3) is 5.91 Å². The van der Waals surface area contributed by atoms with Gasteiger partial charge in [0.1, 0.15) is 17.1 Å². The Kier molecular flexibility index (Phi) is 11.5. The first-order valence-corrected chi connectivity index (χ1v) is 15.1. The van der Waals surface area contributed by atoms with Crippen molar-refractivity contribution in [1.82, 2.24) is 10.2 Å². The number of carboxylic acid groups (broad SMARTS) is 2. The Morgan fingerprint density at radius 2 is 1.85 bits per heavy atom. The average Bonchev–Trinajstić information content (AvgIpc) is 2.91. The van der Waals surface area contributed by atoms with E-state index in [1.807, 2.05) is 0 Å². The fourth-order valence-corrected chi connectivity index (χ4v) is 7.52. The molecule has 1 aromatic carbocycles. The van der Waals surface area contributed by atoms with Gasteiger partial charge in [-0.1, -0.05) is 23.2 Å². The minimum atomic E-state index is -1.52. The molecule has 2 aliphatic heterocycles. The third kappa shape index (κ3) is 7.58. The minimum Gasteiger partial charge on any atom is -1.00 e. The molecule has 1 fully saturated rings. The number of aliphatic carboxylic acids is 2. The normalized spacial score (nSPS) is 18.8. The highest BCUT2D eigenvalue weighted by molar-refractivity contribution is 8.01. The van der Waals surface area contributed by atoms with Gasteiger partial charge in [-0.05, 0) is 23.8 Å². The first kappa shape index (κ1) is 32.4. The van der Waals surface area contributed by atoms with Crippen LogP contribution in [0.25, 0.3) is 0 Å². The largest absolute Gasteiger partial charge is 1.00 e. The van der Waals surface area contributed by atoms with E-state index >= 15 is 0 Å². The number of aliphatic hydroxyl groups excluding tert-OH is 1. The van der Waals surface area contributed by atoms with Crippen LogP contribution in [0, 0.1) is 0 Å². The number of rotatable bonds is 11. The summed E-state index contributed by atoms with van der Waals surface area (Å²) < 4.78 is 1.53. The van der Waals surface area contributed by atoms with Gasteiger partial charge in [-0.15, -0.1) is 35.3 Å². The number of aliphatic hydroxyl groups is 1. The molecule has 10 nitrogen and oxygen atoms in total. The second-order valence-electron chi connectivity index (χ2n) is 8.45. The molecule has 40 heavy (non-hydrogen) atoms. The molecule has 0 aliphatic carbocycles. The maximum absolute atomic E-state index is 12.9. The van der Waals surface area contributed by atoms with Crippen LogP contribution in [-0.4, -0.2) is 78.8 Å². The molecule has 1 unspecified atom stereocenters. The number of amides is 2. The number of carboxylic acids is 2. The van der Waals surface area contributed by atoms with E-state index in [9.17, 15) is 29.4 Å². The van der Waals surface area contributed by atoms with Crippen molar-refractivity contribution in [2.24, 2.45) is 0 Å². The van der Waals surface area contributed by atoms with Gasteiger partial charge in [0, 0.05) is 38.5 Å². The van der Waals surface area contributed by atoms with Crippen molar-refractivity contribution >= 4 is 82.2 Å². The molecule has 3 heterocycles. The van der Waals surface area contributed by atoms with Gasteiger partial charge in [-0.25, -0.2) is 14.2 Å². The number of carbonyl (C=O) groups excluding carboxylic acids is 2. The van der Waals surface area contributed by atoms with Crippen molar-refractivity contribution in [3.05, 3.63) is 64.0 Å². The zero-order chi connectivity index (χ0) is 28.3. The number of halogens is 3. The molecular formula is C24H22Cl3N3O7S3. The van der Waals surface area contributed by atoms with E-state index < -0.39 is 35.4 Å². The summed E-state index contributed by atoms with van der Waals surface area (Å²) in [7, 11) is 0. The summed E-state index contributed by atoms with van der Waals surface area (Å²) in [6.07, 6.45) is 1.72. The van der Waals surface area contributed by atoms with Crippen molar-refractivity contribution in [3.8, 4) is 0 Å². The molecule has 2 aliphatic rings. The van der Waals surface area contributed by atoms with Crippen LogP contribution in [0.3, 0.4) is 0 Å². The summed E-state index contributed by atoms with van der Waals surface area (Å²) in [6, 6.07) is 7.56. The highest BCUT2D eigenvalue weighted by Crippen LogP contribution is 2.41. The molecule has 0 spiro atoms. The Balaban J connectivity index is 0.00000441. The van der Waals surface area contributed by atoms with Crippen LogP contribution in [0.15, 0.2) is 63.8 Å². The first-order valence-electron chi connectivity index (χ1n) is 11.3. The number of pyridine rings is 1. The van der Waals surface area contributed by atoms with E-state index in [1.165, 1.54) is 44.8 Å². The maximum Gasteiger partial charge on any atom is 0.352 e. The minimum absolute atomic E-state index is 0. The Morgan fingerprint density at radius 1 is 1.15 bits per heavy atom. The van der Waals surface area contributed by atoms with Gasteiger partial charge in [0.2, 0.25) is 12.0 Å². The molecule has 16 heteroatoms. The Labute approximate surface area is 257 Å². The average molecular weight is 667 g/mol. The van der Waals surface area contributed by atoms with Gasteiger partial charge in [0.05, 0.1) is 10.8 Å². The smallest absolute Gasteiger partial charge is 0.352 e. The maximum atomic E-state index is 12.9. The molecule has 1 aromatic heterocycles. The van der Waals surface area contributed by atoms with Crippen LogP contribution in [0.2, 0.25) is 10.0 Å². The predicted octanol–water partition coefficient (Wildman–Crippen LogP) is -0.647. The van der Waals surface area contributed by atoms with Crippen LogP contribution >= 0.6 is 58.5 Å². The van der Waals surface area contributed by atoms with Crippen LogP contribution in [0.5, 0.6) is 0 Å². The number of nitrogens with zero attached hydrogens (tertiary/aromatic N) is 2. The van der Waals surface area contributed by atoms with E-state index in [0.717, 1.165) is 4.90 Å². The van der Waals surface area contributed by atoms with Gasteiger partial charge in [-0.2, -0.15) is 0 Å². The summed E-state index contributed by atoms with van der Waals surface area (Å²) >= 11 is 16.0. The summed E-state index contributed by atoms with van der Waals surface area (Å²) in [4.78, 5) is 51.0. The van der Waals surface area contributed by atoms with Crippen molar-refractivity contribution in [2.75, 3.05) is 17.3 Å². The number of thioether (sulfide) groups is 3. The monoisotopic (exact) mass is 665 g/mol. The molecule has 0 bridgehead atoms. The second kappa shape index (κ2) is 14.2. The van der Waals surface area contributed by atoms with Crippen molar-refractivity contribution in [3.63, 3.8) is 0 Å². The lowest BCUT2D eigenvalue weighted by molar-refractivity contribution is -0.702. The number of hydrogen-bond acceptors (Lipinski definition) is 8. The van der Waals surface area contributed by atoms with Crippen molar-refractivity contribution in [2.45, 2.75) is 33.9 Å². The number of nitrogens with one attached hydrogen (secondary N) is 1. The van der Waals surface area contributed by atoms with Gasteiger partial charge >= 0.3 is 11.9 Å². The fraction of sp³-hybridized carbons (Fsp3) is 0.292. The molecule has 2 aromatic rings. The SMILES string of the molecule is O=C(CSc1cc(Cl)ccc1Cl)N[C@H]1C(=O)N2C(C(=O)O)=C(CSc3cc[n+](CC(O)C(=O)O)cc3)CS[C@H]12.[Cl-]. The Bertz CT molecular complexity index is 1350. The predicted molar refractivity (Wildman–Crippen MR) is 148 cm³/mol. The highest BCUT2D eigenvalue weighted by atomic mass is 35.5. The lowest BCUT2D eigenvalue weighted by Gasteiger charge is -2.49. The van der Waals surface area contributed by atoms with Crippen LogP contribution in [0.1, 0.15) is 0 Å². The molecule has 4 N–H and O–H groups in total. The summed E-state index contributed by atoms with van der Waals surface area (Å²) in [5.41, 5.74) is 0.508. The standard InChI is InChI=1S/C24H21Cl2N3O7S3.ClH/c25-13-1-2-15(26)17(7-13)38-11-18(31)27-19-21(32)29-20(24(35)36)12(10-39-22(19)29)9-37-14-3-5-28(6-4-14)8-16(30)23(33)34;/h1-7,16,19,22,30H,8-11H2,(H2-,27,31,33,34,35,36);1H/t16?,19-,22+;/m0./s1. The molecule has 2 amide bonds. The number of hydrogen-bond donors (Lipinski definition) is 4. The fourth-order valence-electron chi connectivity index (χ4n) is 3.85. The van der Waals surface area contributed by atoms with E-state index in [1.54, 1.807) is 42.7 Å². The molecule has 3 atom stereocenters. The molecular weight excluding hydrogens is 645 g/mol. The van der Waals surface area contributed by atoms with Gasteiger partial charge in [0.15, 0.2) is 18.9 Å². The number of aromatic nitrogens is 1. The lowest BCUT2D eigenvalue weighted by atomic mass is 10.0. The number of fused-ring (bicyclic) bond motifs is 1. The third-order valence-corrected chi connectivity index (χ3v) is 9.93. The number of benzene rings is 1. The number of β-lactam (4-membered cyclic amide) rings is 1. The molecule has 0 radical (unpaired) electrons. The highest BCUT2D eigenvalue weighted by Gasteiger charge is 2.54. The topological polar surface area (TPSA) is 148 Å². The van der Waals surface area contributed by atoms with Crippen molar-refractivity contribution < 1.29 is 51.5 Å². The molecule has 0 saturated carbocycles. The van der Waals surface area contributed by atoms with Crippen LogP contribution in [0.4, 0.5) is 0 Å². The van der Waals surface area contributed by atoms with E-state index in [0.29, 0.717) is 32.0 Å². The van der Waals surface area contributed by atoms with E-state index in [-0.39, 0.29) is 36.3 Å². The summed E-state index contributed by atoms with van der Waals surface area (Å²) in [5, 5.41) is 31.3. The second-order valence-corrected chi connectivity index (χ2v) is 12.5. The zero-order valence-electron chi connectivity index (χ0n) is 20.3.